The van der Waals surface area contributed by atoms with Crippen molar-refractivity contribution in [1.82, 2.24) is 0 Å². The van der Waals surface area contributed by atoms with E-state index in [1.165, 1.54) is 0 Å². The van der Waals surface area contributed by atoms with Gasteiger partial charge in [-0.05, 0) is 18.1 Å². The zero-order valence-electron chi connectivity index (χ0n) is 6.99. The standard InChI is InChI=1S/C10H11NO/c1-8(12)10-4-2-9(3-5-10)6-7-11/h2-5,8,12H,6H2,1H3. The SMILES string of the molecule is CC(O)c1ccc(CC#N)cc1. The van der Waals surface area contributed by atoms with Crippen molar-refractivity contribution in [3.05, 3.63) is 35.4 Å². The molecule has 1 aromatic rings. The Morgan fingerprint density at radius 1 is 1.42 bits per heavy atom. The second-order valence-corrected chi connectivity index (χ2v) is 2.75. The maximum absolute atomic E-state index is 9.18. The number of hydrogen-bond acceptors (Lipinski definition) is 2. The van der Waals surface area contributed by atoms with Crippen molar-refractivity contribution in [3.63, 3.8) is 0 Å². The predicted octanol–water partition coefficient (Wildman–Crippen LogP) is 1.81. The summed E-state index contributed by atoms with van der Waals surface area (Å²) in [4.78, 5) is 0. The molecular formula is C10H11NO. The zero-order valence-corrected chi connectivity index (χ0v) is 6.99. The lowest BCUT2D eigenvalue weighted by Crippen LogP contribution is -1.90. The number of rotatable bonds is 2. The first-order valence-corrected chi connectivity index (χ1v) is 3.88. The minimum Gasteiger partial charge on any atom is -0.389 e. The Morgan fingerprint density at radius 3 is 2.42 bits per heavy atom. The van der Waals surface area contributed by atoms with Gasteiger partial charge in [0.25, 0.3) is 0 Å². The van der Waals surface area contributed by atoms with E-state index in [-0.39, 0.29) is 0 Å². The highest BCUT2D eigenvalue weighted by molar-refractivity contribution is 5.25. The van der Waals surface area contributed by atoms with E-state index in [4.69, 9.17) is 5.26 Å². The van der Waals surface area contributed by atoms with Crippen molar-refractivity contribution in [2.45, 2.75) is 19.4 Å². The number of benzene rings is 1. The Kier molecular flexibility index (Phi) is 2.84. The molecule has 0 radical (unpaired) electrons. The molecule has 0 saturated heterocycles. The fraction of sp³-hybridized carbons (Fsp3) is 0.300. The van der Waals surface area contributed by atoms with Crippen LogP contribution in [0.1, 0.15) is 24.2 Å². The summed E-state index contributed by atoms with van der Waals surface area (Å²) in [6, 6.07) is 9.49. The molecule has 2 heteroatoms. The summed E-state index contributed by atoms with van der Waals surface area (Å²) in [5.74, 6) is 0. The molecule has 62 valence electrons. The molecule has 1 rings (SSSR count). The first kappa shape index (κ1) is 8.76. The molecule has 0 aliphatic heterocycles. The van der Waals surface area contributed by atoms with Gasteiger partial charge in [0.15, 0.2) is 0 Å². The van der Waals surface area contributed by atoms with Crippen molar-refractivity contribution in [2.24, 2.45) is 0 Å². The van der Waals surface area contributed by atoms with Crippen LogP contribution >= 0.6 is 0 Å². The number of nitriles is 1. The van der Waals surface area contributed by atoms with E-state index < -0.39 is 6.10 Å². The third kappa shape index (κ3) is 2.08. The monoisotopic (exact) mass is 161 g/mol. The lowest BCUT2D eigenvalue weighted by molar-refractivity contribution is 0.199. The third-order valence-corrected chi connectivity index (χ3v) is 1.75. The van der Waals surface area contributed by atoms with Gasteiger partial charge in [-0.2, -0.15) is 5.26 Å². The second-order valence-electron chi connectivity index (χ2n) is 2.75. The van der Waals surface area contributed by atoms with Gasteiger partial charge in [-0.15, -0.1) is 0 Å². The van der Waals surface area contributed by atoms with Crippen LogP contribution in [0.2, 0.25) is 0 Å². The van der Waals surface area contributed by atoms with Gasteiger partial charge in [0, 0.05) is 0 Å². The van der Waals surface area contributed by atoms with Crippen LogP contribution in [0.25, 0.3) is 0 Å². The molecule has 0 aromatic heterocycles. The number of hydrogen-bond donors (Lipinski definition) is 1. The molecule has 12 heavy (non-hydrogen) atoms. The molecule has 0 aliphatic rings. The highest BCUT2D eigenvalue weighted by atomic mass is 16.3. The van der Waals surface area contributed by atoms with Crippen molar-refractivity contribution in [3.8, 4) is 6.07 Å². The van der Waals surface area contributed by atoms with Gasteiger partial charge < -0.3 is 5.11 Å². The topological polar surface area (TPSA) is 44.0 Å². The molecule has 1 unspecified atom stereocenters. The number of aliphatic hydroxyl groups excluding tert-OH is 1. The quantitative estimate of drug-likeness (QED) is 0.718. The lowest BCUT2D eigenvalue weighted by atomic mass is 10.1. The van der Waals surface area contributed by atoms with Gasteiger partial charge in [0.2, 0.25) is 0 Å². The maximum atomic E-state index is 9.18. The summed E-state index contributed by atoms with van der Waals surface area (Å²) in [5, 5.41) is 17.6. The van der Waals surface area contributed by atoms with E-state index in [1.54, 1.807) is 6.92 Å². The Hall–Kier alpha value is -1.33. The van der Waals surface area contributed by atoms with E-state index in [1.807, 2.05) is 24.3 Å². The fourth-order valence-electron chi connectivity index (χ4n) is 1.01. The van der Waals surface area contributed by atoms with E-state index in [2.05, 4.69) is 6.07 Å². The van der Waals surface area contributed by atoms with Gasteiger partial charge in [0.05, 0.1) is 18.6 Å². The van der Waals surface area contributed by atoms with Gasteiger partial charge in [0.1, 0.15) is 0 Å². The van der Waals surface area contributed by atoms with E-state index in [0.717, 1.165) is 11.1 Å². The Bertz CT molecular complexity index is 282. The third-order valence-electron chi connectivity index (χ3n) is 1.75. The van der Waals surface area contributed by atoms with Gasteiger partial charge in [-0.1, -0.05) is 24.3 Å². The van der Waals surface area contributed by atoms with Crippen LogP contribution < -0.4 is 0 Å². The first-order valence-electron chi connectivity index (χ1n) is 3.88. The Balaban J connectivity index is 2.80. The van der Waals surface area contributed by atoms with Crippen LogP contribution in [-0.2, 0) is 6.42 Å². The van der Waals surface area contributed by atoms with E-state index >= 15 is 0 Å². The average Bonchev–Trinajstić information content (AvgIpc) is 2.06. The van der Waals surface area contributed by atoms with Crippen molar-refractivity contribution in [1.29, 1.82) is 5.26 Å². The van der Waals surface area contributed by atoms with Gasteiger partial charge in [-0.25, -0.2) is 0 Å². The van der Waals surface area contributed by atoms with Gasteiger partial charge >= 0.3 is 0 Å². The van der Waals surface area contributed by atoms with Gasteiger partial charge in [-0.3, -0.25) is 0 Å². The minimum atomic E-state index is -0.430. The van der Waals surface area contributed by atoms with E-state index in [0.29, 0.717) is 6.42 Å². The zero-order chi connectivity index (χ0) is 8.97. The van der Waals surface area contributed by atoms with E-state index in [9.17, 15) is 5.11 Å². The second kappa shape index (κ2) is 3.89. The average molecular weight is 161 g/mol. The fourth-order valence-corrected chi connectivity index (χ4v) is 1.01. The molecule has 2 nitrogen and oxygen atoms in total. The highest BCUT2D eigenvalue weighted by Gasteiger charge is 1.99. The molecule has 1 atom stereocenters. The molecule has 0 bridgehead atoms. The van der Waals surface area contributed by atoms with Crippen LogP contribution in [0.3, 0.4) is 0 Å². The summed E-state index contributed by atoms with van der Waals surface area (Å²) in [5.41, 5.74) is 1.87. The molecular weight excluding hydrogens is 150 g/mol. The maximum Gasteiger partial charge on any atom is 0.0761 e. The minimum absolute atomic E-state index is 0.430. The van der Waals surface area contributed by atoms with Crippen molar-refractivity contribution in [2.75, 3.05) is 0 Å². The summed E-state index contributed by atoms with van der Waals surface area (Å²) in [6.07, 6.45) is 0.00114. The van der Waals surface area contributed by atoms with Crippen LogP contribution in [0.5, 0.6) is 0 Å². The Labute approximate surface area is 72.1 Å². The number of nitrogens with zero attached hydrogens (tertiary/aromatic N) is 1. The van der Waals surface area contributed by atoms with Crippen molar-refractivity contribution < 1.29 is 5.11 Å². The Morgan fingerprint density at radius 2 is 2.00 bits per heavy atom. The number of aliphatic hydroxyl groups is 1. The smallest absolute Gasteiger partial charge is 0.0761 e. The normalized spacial score (nSPS) is 12.1. The highest BCUT2D eigenvalue weighted by Crippen LogP contribution is 2.12. The molecule has 0 saturated carbocycles. The summed E-state index contributed by atoms with van der Waals surface area (Å²) in [7, 11) is 0. The summed E-state index contributed by atoms with van der Waals surface area (Å²) in [6.45, 7) is 1.72. The molecule has 0 fully saturated rings. The molecule has 1 aromatic carbocycles. The first-order chi connectivity index (χ1) is 5.74. The summed E-state index contributed by atoms with van der Waals surface area (Å²) < 4.78 is 0. The largest absolute Gasteiger partial charge is 0.389 e. The van der Waals surface area contributed by atoms with Crippen LogP contribution in [0.4, 0.5) is 0 Å². The predicted molar refractivity (Wildman–Crippen MR) is 46.4 cm³/mol. The van der Waals surface area contributed by atoms with Crippen LogP contribution in [0.15, 0.2) is 24.3 Å². The lowest BCUT2D eigenvalue weighted by Gasteiger charge is -2.03. The molecule has 0 heterocycles. The van der Waals surface area contributed by atoms with Crippen LogP contribution in [0, 0.1) is 11.3 Å². The molecule has 0 aliphatic carbocycles. The molecule has 0 amide bonds. The summed E-state index contributed by atoms with van der Waals surface area (Å²) >= 11 is 0. The molecule has 0 spiro atoms. The van der Waals surface area contributed by atoms with Crippen molar-refractivity contribution >= 4 is 0 Å². The van der Waals surface area contributed by atoms with Crippen LogP contribution in [-0.4, -0.2) is 5.11 Å². The molecule has 1 N–H and O–H groups in total.